The number of para-hydroxylation sites is 2. The van der Waals surface area contributed by atoms with E-state index in [9.17, 15) is 14.7 Å². The van der Waals surface area contributed by atoms with Crippen LogP contribution in [0.2, 0.25) is 0 Å². The predicted molar refractivity (Wildman–Crippen MR) is 70.8 cm³/mol. The molecule has 0 aliphatic carbocycles. The summed E-state index contributed by atoms with van der Waals surface area (Å²) >= 11 is 0. The van der Waals surface area contributed by atoms with Crippen molar-refractivity contribution in [3.8, 4) is 11.5 Å². The van der Waals surface area contributed by atoms with Crippen molar-refractivity contribution in [2.75, 3.05) is 7.11 Å². The molecule has 0 bridgehead atoms. The van der Waals surface area contributed by atoms with E-state index in [1.807, 2.05) is 0 Å². The molecule has 0 heterocycles. The molecule has 0 amide bonds. The number of aromatic hydroxyl groups is 1. The van der Waals surface area contributed by atoms with Crippen LogP contribution in [0.15, 0.2) is 48.5 Å². The minimum absolute atomic E-state index is 0.0205. The number of carbonyl (C=O) groups excluding carboxylic acids is 2. The first-order valence-corrected chi connectivity index (χ1v) is 5.81. The number of methoxy groups -OCH3 is 1. The van der Waals surface area contributed by atoms with Gasteiger partial charge in [0.05, 0.1) is 7.11 Å². The second-order valence-corrected chi connectivity index (χ2v) is 3.89. The van der Waals surface area contributed by atoms with Crippen LogP contribution in [0, 0.1) is 0 Å². The van der Waals surface area contributed by atoms with E-state index in [-0.39, 0.29) is 22.6 Å². The Balaban J connectivity index is 2.29. The van der Waals surface area contributed by atoms with Crippen LogP contribution >= 0.6 is 0 Å². The van der Waals surface area contributed by atoms with E-state index in [4.69, 9.17) is 4.74 Å². The van der Waals surface area contributed by atoms with E-state index in [0.29, 0.717) is 0 Å². The molecule has 2 aromatic rings. The molecule has 0 aliphatic heterocycles. The SMILES string of the molecule is COC(=O)c1ccccc1OC(=O)c1ccccc1O. The maximum atomic E-state index is 12.0. The highest BCUT2D eigenvalue weighted by atomic mass is 16.5. The van der Waals surface area contributed by atoms with Crippen molar-refractivity contribution in [2.24, 2.45) is 0 Å². The van der Waals surface area contributed by atoms with Crippen LogP contribution in [0.4, 0.5) is 0 Å². The molecule has 0 atom stereocenters. The summed E-state index contributed by atoms with van der Waals surface area (Å²) in [5.74, 6) is -1.47. The van der Waals surface area contributed by atoms with Crippen molar-refractivity contribution in [3.05, 3.63) is 59.7 Å². The summed E-state index contributed by atoms with van der Waals surface area (Å²) in [6.07, 6.45) is 0. The number of rotatable bonds is 3. The Morgan fingerprint density at radius 3 is 2.15 bits per heavy atom. The summed E-state index contributed by atoms with van der Waals surface area (Å²) in [4.78, 5) is 23.5. The summed E-state index contributed by atoms with van der Waals surface area (Å²) in [6, 6.07) is 12.2. The van der Waals surface area contributed by atoms with Gasteiger partial charge in [-0.25, -0.2) is 9.59 Å². The Hall–Kier alpha value is -2.82. The molecule has 0 unspecified atom stereocenters. The van der Waals surface area contributed by atoms with Gasteiger partial charge in [0.1, 0.15) is 22.6 Å². The van der Waals surface area contributed by atoms with Crippen LogP contribution in [0.5, 0.6) is 11.5 Å². The quantitative estimate of drug-likeness (QED) is 0.686. The third kappa shape index (κ3) is 2.77. The Morgan fingerprint density at radius 2 is 1.50 bits per heavy atom. The minimum Gasteiger partial charge on any atom is -0.507 e. The first-order valence-electron chi connectivity index (χ1n) is 5.81. The van der Waals surface area contributed by atoms with Crippen molar-refractivity contribution in [1.29, 1.82) is 0 Å². The number of phenolic OH excluding ortho intramolecular Hbond substituents is 1. The average molecular weight is 272 g/mol. The highest BCUT2D eigenvalue weighted by molar-refractivity contribution is 5.97. The molecule has 5 nitrogen and oxygen atoms in total. The van der Waals surface area contributed by atoms with Gasteiger partial charge in [0.25, 0.3) is 0 Å². The van der Waals surface area contributed by atoms with Gasteiger partial charge in [-0.3, -0.25) is 0 Å². The Bertz CT molecular complexity index is 648. The fourth-order valence-corrected chi connectivity index (χ4v) is 1.64. The average Bonchev–Trinajstić information content (AvgIpc) is 2.47. The van der Waals surface area contributed by atoms with E-state index in [0.717, 1.165) is 0 Å². The van der Waals surface area contributed by atoms with Gasteiger partial charge in [0, 0.05) is 0 Å². The lowest BCUT2D eigenvalue weighted by atomic mass is 10.2. The summed E-state index contributed by atoms with van der Waals surface area (Å²) in [5, 5.41) is 9.59. The molecule has 1 N–H and O–H groups in total. The fourth-order valence-electron chi connectivity index (χ4n) is 1.64. The third-order valence-corrected chi connectivity index (χ3v) is 2.62. The van der Waals surface area contributed by atoms with Crippen LogP contribution in [-0.4, -0.2) is 24.2 Å². The van der Waals surface area contributed by atoms with Crippen LogP contribution in [-0.2, 0) is 4.74 Å². The lowest BCUT2D eigenvalue weighted by Crippen LogP contribution is -2.12. The third-order valence-electron chi connectivity index (χ3n) is 2.62. The maximum Gasteiger partial charge on any atom is 0.347 e. The highest BCUT2D eigenvalue weighted by Gasteiger charge is 2.18. The Labute approximate surface area is 115 Å². The molecule has 0 spiro atoms. The molecule has 0 saturated carbocycles. The highest BCUT2D eigenvalue weighted by Crippen LogP contribution is 2.22. The van der Waals surface area contributed by atoms with E-state index < -0.39 is 11.9 Å². The van der Waals surface area contributed by atoms with Crippen molar-refractivity contribution in [1.82, 2.24) is 0 Å². The van der Waals surface area contributed by atoms with Crippen LogP contribution in [0.1, 0.15) is 20.7 Å². The Morgan fingerprint density at radius 1 is 0.900 bits per heavy atom. The van der Waals surface area contributed by atoms with Crippen molar-refractivity contribution >= 4 is 11.9 Å². The molecule has 0 radical (unpaired) electrons. The smallest absolute Gasteiger partial charge is 0.347 e. The van der Waals surface area contributed by atoms with Crippen LogP contribution in [0.3, 0.4) is 0 Å². The molecule has 0 saturated heterocycles. The summed E-state index contributed by atoms with van der Waals surface area (Å²) in [7, 11) is 1.24. The summed E-state index contributed by atoms with van der Waals surface area (Å²) in [5.41, 5.74) is 0.158. The lowest BCUT2D eigenvalue weighted by molar-refractivity contribution is 0.0593. The van der Waals surface area contributed by atoms with E-state index in [1.165, 1.54) is 31.4 Å². The monoisotopic (exact) mass is 272 g/mol. The zero-order chi connectivity index (χ0) is 14.5. The van der Waals surface area contributed by atoms with Gasteiger partial charge < -0.3 is 14.6 Å². The predicted octanol–water partition coefficient (Wildman–Crippen LogP) is 2.40. The molecule has 5 heteroatoms. The van der Waals surface area contributed by atoms with Gasteiger partial charge >= 0.3 is 11.9 Å². The Kier molecular flexibility index (Phi) is 4.00. The second kappa shape index (κ2) is 5.88. The van der Waals surface area contributed by atoms with Crippen molar-refractivity contribution in [3.63, 3.8) is 0 Å². The van der Waals surface area contributed by atoms with E-state index >= 15 is 0 Å². The number of esters is 2. The van der Waals surface area contributed by atoms with Crippen molar-refractivity contribution < 1.29 is 24.2 Å². The minimum atomic E-state index is -0.751. The molecule has 2 rings (SSSR count). The number of benzene rings is 2. The summed E-state index contributed by atoms with van der Waals surface area (Å²) < 4.78 is 9.74. The zero-order valence-electron chi connectivity index (χ0n) is 10.7. The molecule has 102 valence electrons. The fraction of sp³-hybridized carbons (Fsp3) is 0.0667. The molecular formula is C15H12O5. The van der Waals surface area contributed by atoms with Crippen LogP contribution < -0.4 is 4.74 Å². The van der Waals surface area contributed by atoms with Gasteiger partial charge in [-0.05, 0) is 24.3 Å². The van der Waals surface area contributed by atoms with E-state index in [2.05, 4.69) is 4.74 Å². The number of hydrogen-bond donors (Lipinski definition) is 1. The maximum absolute atomic E-state index is 12.0. The molecular weight excluding hydrogens is 260 g/mol. The number of phenols is 1. The molecule has 0 aromatic heterocycles. The molecule has 20 heavy (non-hydrogen) atoms. The van der Waals surface area contributed by atoms with Gasteiger partial charge in [-0.15, -0.1) is 0 Å². The first-order chi connectivity index (χ1) is 9.63. The van der Waals surface area contributed by atoms with Crippen molar-refractivity contribution in [2.45, 2.75) is 0 Å². The lowest BCUT2D eigenvalue weighted by Gasteiger charge is -2.09. The molecule has 2 aromatic carbocycles. The zero-order valence-corrected chi connectivity index (χ0v) is 10.7. The largest absolute Gasteiger partial charge is 0.507 e. The number of hydrogen-bond acceptors (Lipinski definition) is 5. The van der Waals surface area contributed by atoms with Gasteiger partial charge in [-0.2, -0.15) is 0 Å². The number of carbonyl (C=O) groups is 2. The second-order valence-electron chi connectivity index (χ2n) is 3.89. The van der Waals surface area contributed by atoms with Gasteiger partial charge in [0.15, 0.2) is 0 Å². The first kappa shape index (κ1) is 13.6. The van der Waals surface area contributed by atoms with E-state index in [1.54, 1.807) is 24.3 Å². The van der Waals surface area contributed by atoms with Gasteiger partial charge in [0.2, 0.25) is 0 Å². The molecule has 0 aliphatic rings. The van der Waals surface area contributed by atoms with Gasteiger partial charge in [-0.1, -0.05) is 24.3 Å². The normalized spacial score (nSPS) is 9.85. The summed E-state index contributed by atoms with van der Waals surface area (Å²) in [6.45, 7) is 0. The topological polar surface area (TPSA) is 72.8 Å². The standard InChI is InChI=1S/C15H12O5/c1-19-14(17)11-7-3-5-9-13(11)20-15(18)10-6-2-4-8-12(10)16/h2-9,16H,1H3. The van der Waals surface area contributed by atoms with Crippen LogP contribution in [0.25, 0.3) is 0 Å². The molecule has 0 fully saturated rings. The number of ether oxygens (including phenoxy) is 2.